The molecule has 2 N–H and O–H groups in total. The maximum absolute atomic E-state index is 13.4. The summed E-state index contributed by atoms with van der Waals surface area (Å²) < 4.78 is 75.6. The number of halogens is 4. The van der Waals surface area contributed by atoms with Crippen molar-refractivity contribution in [1.29, 1.82) is 0 Å². The summed E-state index contributed by atoms with van der Waals surface area (Å²) in [4.78, 5) is 0. The highest BCUT2D eigenvalue weighted by atomic mass is 19.3. The molecule has 0 radical (unpaired) electrons. The van der Waals surface area contributed by atoms with E-state index in [0.717, 1.165) is 0 Å². The molecular formula is C17H24F4O7. The first-order chi connectivity index (χ1) is 13.2. The van der Waals surface area contributed by atoms with E-state index in [4.69, 9.17) is 9.84 Å². The molecule has 1 aromatic carbocycles. The Morgan fingerprint density at radius 1 is 0.893 bits per heavy atom. The van der Waals surface area contributed by atoms with Gasteiger partial charge < -0.3 is 29.2 Å². The van der Waals surface area contributed by atoms with E-state index in [-0.39, 0.29) is 26.2 Å². The van der Waals surface area contributed by atoms with E-state index in [0.29, 0.717) is 5.75 Å². The quantitative estimate of drug-likeness (QED) is 0.242. The summed E-state index contributed by atoms with van der Waals surface area (Å²) in [6, 6.07) is 8.76. The number of para-hydroxylation sites is 1. The zero-order valence-corrected chi connectivity index (χ0v) is 15.1. The maximum atomic E-state index is 13.4. The minimum atomic E-state index is -4.29. The average molecular weight is 416 g/mol. The molecule has 28 heavy (non-hydrogen) atoms. The molecule has 7 nitrogen and oxygen atoms in total. The zero-order valence-electron chi connectivity index (χ0n) is 15.1. The first kappa shape index (κ1) is 24.5. The van der Waals surface area contributed by atoms with Crippen molar-refractivity contribution >= 4 is 0 Å². The topological polar surface area (TPSA) is 86.6 Å². The highest BCUT2D eigenvalue weighted by Crippen LogP contribution is 2.27. The van der Waals surface area contributed by atoms with Crippen LogP contribution in [0.3, 0.4) is 0 Å². The number of hydrogen-bond donors (Lipinski definition) is 2. The summed E-state index contributed by atoms with van der Waals surface area (Å²) in [5, 5.41) is 18.1. The van der Waals surface area contributed by atoms with Gasteiger partial charge in [0.2, 0.25) is 0 Å². The van der Waals surface area contributed by atoms with Crippen LogP contribution in [0, 0.1) is 0 Å². The van der Waals surface area contributed by atoms with Gasteiger partial charge in [-0.1, -0.05) is 18.2 Å². The molecule has 0 saturated heterocycles. The van der Waals surface area contributed by atoms with E-state index in [1.54, 1.807) is 30.3 Å². The summed E-state index contributed by atoms with van der Waals surface area (Å²) in [6.07, 6.45) is -9.59. The summed E-state index contributed by atoms with van der Waals surface area (Å²) in [6.45, 7) is -4.42. The molecule has 0 bridgehead atoms. The third-order valence-electron chi connectivity index (χ3n) is 3.01. The van der Waals surface area contributed by atoms with Gasteiger partial charge in [-0.3, -0.25) is 4.74 Å². The van der Waals surface area contributed by atoms with E-state index < -0.39 is 44.9 Å². The van der Waals surface area contributed by atoms with Crippen molar-refractivity contribution in [2.75, 3.05) is 46.4 Å². The molecule has 1 atom stereocenters. The number of hydrogen-bond acceptors (Lipinski definition) is 7. The van der Waals surface area contributed by atoms with Crippen molar-refractivity contribution < 1.29 is 51.5 Å². The van der Waals surface area contributed by atoms with E-state index in [9.17, 15) is 22.7 Å². The SMILES string of the molecule is OCCOCOCC(F)(F)OC(F)(F)COCC(O)CCOc1ccccc1. The monoisotopic (exact) mass is 416 g/mol. The molecule has 11 heteroatoms. The summed E-state index contributed by atoms with van der Waals surface area (Å²) >= 11 is 0. The normalized spacial score (nSPS) is 13.5. The predicted octanol–water partition coefficient (Wildman–Crippen LogP) is 2.02. The van der Waals surface area contributed by atoms with Crippen LogP contribution >= 0.6 is 0 Å². The van der Waals surface area contributed by atoms with Crippen molar-refractivity contribution in [1.82, 2.24) is 0 Å². The molecule has 0 aliphatic rings. The predicted molar refractivity (Wildman–Crippen MR) is 88.2 cm³/mol. The fourth-order valence-electron chi connectivity index (χ4n) is 1.85. The van der Waals surface area contributed by atoms with E-state index in [1.807, 2.05) is 0 Å². The highest BCUT2D eigenvalue weighted by Gasteiger charge is 2.44. The van der Waals surface area contributed by atoms with Crippen molar-refractivity contribution in [3.8, 4) is 5.75 Å². The van der Waals surface area contributed by atoms with Gasteiger partial charge in [0.15, 0.2) is 0 Å². The van der Waals surface area contributed by atoms with Gasteiger partial charge in [0.05, 0.1) is 32.5 Å². The van der Waals surface area contributed by atoms with Gasteiger partial charge in [-0.05, 0) is 12.1 Å². The molecule has 0 spiro atoms. The number of alkyl halides is 4. The van der Waals surface area contributed by atoms with E-state index in [1.165, 1.54) is 0 Å². The Hall–Kier alpha value is -1.50. The first-order valence-corrected chi connectivity index (χ1v) is 8.40. The molecule has 0 amide bonds. The number of rotatable bonds is 16. The number of benzene rings is 1. The third-order valence-corrected chi connectivity index (χ3v) is 3.01. The molecular weight excluding hydrogens is 392 g/mol. The van der Waals surface area contributed by atoms with Gasteiger partial charge in [-0.15, -0.1) is 0 Å². The second kappa shape index (κ2) is 12.9. The average Bonchev–Trinajstić information content (AvgIpc) is 2.61. The van der Waals surface area contributed by atoms with Crippen LogP contribution in [0.1, 0.15) is 6.42 Å². The Labute approximate surface area is 159 Å². The standard InChI is InChI=1S/C17H24F4O7/c18-16(19,28-17(20,21)12-26-13-24-9-7-22)11-25-10-14(23)6-8-27-15-4-2-1-3-5-15/h1-5,14,22-23H,6-13H2. The van der Waals surface area contributed by atoms with Crippen molar-refractivity contribution in [2.45, 2.75) is 24.7 Å². The van der Waals surface area contributed by atoms with Crippen LogP contribution in [0.25, 0.3) is 0 Å². The largest absolute Gasteiger partial charge is 0.493 e. The van der Waals surface area contributed by atoms with Crippen LogP contribution in [0.5, 0.6) is 5.75 Å². The Morgan fingerprint density at radius 2 is 1.54 bits per heavy atom. The van der Waals surface area contributed by atoms with Crippen molar-refractivity contribution in [3.63, 3.8) is 0 Å². The fourth-order valence-corrected chi connectivity index (χ4v) is 1.85. The Bertz CT molecular complexity index is 519. The van der Waals surface area contributed by atoms with Gasteiger partial charge in [0.25, 0.3) is 0 Å². The minimum Gasteiger partial charge on any atom is -0.493 e. The van der Waals surface area contributed by atoms with Crippen molar-refractivity contribution in [3.05, 3.63) is 30.3 Å². The van der Waals surface area contributed by atoms with Gasteiger partial charge in [-0.2, -0.15) is 17.6 Å². The summed E-state index contributed by atoms with van der Waals surface area (Å²) in [5.41, 5.74) is 0. The molecule has 162 valence electrons. The van der Waals surface area contributed by atoms with Crippen LogP contribution in [0.2, 0.25) is 0 Å². The van der Waals surface area contributed by atoms with Gasteiger partial charge in [0.1, 0.15) is 25.8 Å². The van der Waals surface area contributed by atoms with Crippen molar-refractivity contribution in [2.24, 2.45) is 0 Å². The van der Waals surface area contributed by atoms with Crippen LogP contribution in [-0.4, -0.2) is 75.0 Å². The fraction of sp³-hybridized carbons (Fsp3) is 0.647. The van der Waals surface area contributed by atoms with Crippen LogP contribution in [0.15, 0.2) is 30.3 Å². The smallest absolute Gasteiger partial charge is 0.383 e. The maximum Gasteiger partial charge on any atom is 0.383 e. The Morgan fingerprint density at radius 3 is 2.18 bits per heavy atom. The molecule has 1 unspecified atom stereocenters. The molecule has 0 fully saturated rings. The summed E-state index contributed by atoms with van der Waals surface area (Å²) in [5.74, 6) is 0.585. The Balaban J connectivity index is 2.18. The number of aliphatic hydroxyl groups excluding tert-OH is 2. The second-order valence-corrected chi connectivity index (χ2v) is 5.59. The molecule has 1 rings (SSSR count). The lowest BCUT2D eigenvalue weighted by molar-refractivity contribution is -0.396. The van der Waals surface area contributed by atoms with Crippen LogP contribution < -0.4 is 4.74 Å². The molecule has 0 aliphatic heterocycles. The molecule has 0 heterocycles. The minimum absolute atomic E-state index is 0.0964. The molecule has 1 aromatic rings. The number of ether oxygens (including phenoxy) is 5. The van der Waals surface area contributed by atoms with Gasteiger partial charge >= 0.3 is 12.2 Å². The first-order valence-electron chi connectivity index (χ1n) is 8.40. The Kier molecular flexibility index (Phi) is 11.3. The lowest BCUT2D eigenvalue weighted by Crippen LogP contribution is -2.40. The van der Waals surface area contributed by atoms with Crippen LogP contribution in [-0.2, 0) is 18.9 Å². The molecule has 0 saturated carbocycles. The lowest BCUT2D eigenvalue weighted by atomic mass is 10.3. The molecule has 0 aliphatic carbocycles. The summed E-state index contributed by atoms with van der Waals surface area (Å²) in [7, 11) is 0. The molecule has 0 aromatic heterocycles. The third kappa shape index (κ3) is 12.1. The van der Waals surface area contributed by atoms with Gasteiger partial charge in [-0.25, -0.2) is 0 Å². The van der Waals surface area contributed by atoms with E-state index in [2.05, 4.69) is 18.9 Å². The second-order valence-electron chi connectivity index (χ2n) is 5.59. The highest BCUT2D eigenvalue weighted by molar-refractivity contribution is 5.20. The van der Waals surface area contributed by atoms with Gasteiger partial charge in [0, 0.05) is 6.42 Å². The number of aliphatic hydroxyl groups is 2. The van der Waals surface area contributed by atoms with E-state index >= 15 is 0 Å². The zero-order chi connectivity index (χ0) is 20.9. The van der Waals surface area contributed by atoms with Crippen LogP contribution in [0.4, 0.5) is 17.6 Å². The lowest BCUT2D eigenvalue weighted by Gasteiger charge is -2.24.